The van der Waals surface area contributed by atoms with Crippen molar-refractivity contribution < 1.29 is 34.1 Å². The minimum atomic E-state index is -1.70. The third-order valence-corrected chi connectivity index (χ3v) is 6.70. The van der Waals surface area contributed by atoms with E-state index in [0.717, 1.165) is 4.90 Å². The second-order valence-electron chi connectivity index (χ2n) is 5.81. The topological polar surface area (TPSA) is 125 Å². The first-order valence-electron chi connectivity index (χ1n) is 7.86. The standard InChI is InChI=1S/C16H18N2O7S2/c1-24-11(9-4-3-5-26-9)12(20)17-16(25-2)14(23)18-10(13(21)22)8(6-19)7-27-15(16)18/h3-5,11,15,19H,6-7H2,1-2H3,(H,17,20)(H,21,22)/t11-,15?,16?/m0/s1. The Morgan fingerprint density at radius 3 is 2.74 bits per heavy atom. The highest BCUT2D eigenvalue weighted by Crippen LogP contribution is 2.46. The number of carbonyl (C=O) groups is 3. The minimum absolute atomic E-state index is 0.201. The van der Waals surface area contributed by atoms with Gasteiger partial charge in [0.2, 0.25) is 0 Å². The zero-order valence-corrected chi connectivity index (χ0v) is 16.1. The molecule has 1 aromatic heterocycles. The number of methoxy groups -OCH3 is 2. The number of aliphatic hydroxyl groups is 1. The van der Waals surface area contributed by atoms with Crippen molar-refractivity contribution in [3.05, 3.63) is 33.7 Å². The fourth-order valence-electron chi connectivity index (χ4n) is 3.11. The highest BCUT2D eigenvalue weighted by molar-refractivity contribution is 8.00. The molecule has 146 valence electrons. The molecule has 0 spiro atoms. The number of carboxylic acids is 1. The summed E-state index contributed by atoms with van der Waals surface area (Å²) in [6, 6.07) is 3.51. The van der Waals surface area contributed by atoms with Crippen LogP contribution in [0, 0.1) is 0 Å². The predicted octanol–water partition coefficient (Wildman–Crippen LogP) is 0.141. The number of rotatable bonds is 7. The Bertz CT molecular complexity index is 795. The van der Waals surface area contributed by atoms with E-state index in [-0.39, 0.29) is 17.0 Å². The molecule has 2 unspecified atom stereocenters. The van der Waals surface area contributed by atoms with Crippen LogP contribution in [0.25, 0.3) is 0 Å². The summed E-state index contributed by atoms with van der Waals surface area (Å²) in [6.07, 6.45) is -0.921. The summed E-state index contributed by atoms with van der Waals surface area (Å²) in [4.78, 5) is 38.8. The molecule has 3 heterocycles. The number of amides is 2. The zero-order chi connectivity index (χ0) is 19.8. The van der Waals surface area contributed by atoms with Gasteiger partial charge in [0.05, 0.1) is 6.61 Å². The van der Waals surface area contributed by atoms with Crippen molar-refractivity contribution in [1.29, 1.82) is 0 Å². The Hall–Kier alpha value is -1.92. The summed E-state index contributed by atoms with van der Waals surface area (Å²) in [5.41, 5.74) is -1.73. The van der Waals surface area contributed by atoms with Crippen molar-refractivity contribution in [3.63, 3.8) is 0 Å². The number of thiophene rings is 1. The fourth-order valence-corrected chi connectivity index (χ4v) is 5.33. The highest BCUT2D eigenvalue weighted by Gasteiger charge is 2.66. The molecule has 11 heteroatoms. The Kier molecular flexibility index (Phi) is 5.58. The number of carboxylic acid groups (broad SMARTS) is 1. The molecule has 3 rings (SSSR count). The van der Waals surface area contributed by atoms with Crippen molar-refractivity contribution in [3.8, 4) is 0 Å². The molecule has 3 atom stereocenters. The van der Waals surface area contributed by atoms with Crippen molar-refractivity contribution in [1.82, 2.24) is 10.2 Å². The molecule has 3 N–H and O–H groups in total. The number of nitrogens with zero attached hydrogens (tertiary/aromatic N) is 1. The van der Waals surface area contributed by atoms with E-state index in [1.54, 1.807) is 17.5 Å². The number of hydrogen-bond donors (Lipinski definition) is 3. The molecule has 9 nitrogen and oxygen atoms in total. The molecule has 2 amide bonds. The maximum atomic E-state index is 12.8. The summed E-state index contributed by atoms with van der Waals surface area (Å²) in [5, 5.41) is 22.4. The maximum Gasteiger partial charge on any atom is 0.352 e. The number of thioether (sulfide) groups is 1. The molecule has 27 heavy (non-hydrogen) atoms. The molecule has 1 saturated heterocycles. The molecular formula is C16H18N2O7S2. The lowest BCUT2D eigenvalue weighted by molar-refractivity contribution is -0.194. The van der Waals surface area contributed by atoms with E-state index in [2.05, 4.69) is 5.32 Å². The smallest absolute Gasteiger partial charge is 0.352 e. The van der Waals surface area contributed by atoms with Crippen LogP contribution in [0.15, 0.2) is 28.8 Å². The van der Waals surface area contributed by atoms with Crippen molar-refractivity contribution >= 4 is 40.9 Å². The first-order valence-corrected chi connectivity index (χ1v) is 9.79. The summed E-state index contributed by atoms with van der Waals surface area (Å²) in [5.74, 6) is -2.39. The van der Waals surface area contributed by atoms with Crippen LogP contribution in [0.3, 0.4) is 0 Å². The first-order chi connectivity index (χ1) is 12.9. The molecule has 1 fully saturated rings. The number of aliphatic carboxylic acids is 1. The van der Waals surface area contributed by atoms with Gasteiger partial charge >= 0.3 is 5.97 Å². The highest BCUT2D eigenvalue weighted by atomic mass is 32.2. The van der Waals surface area contributed by atoms with Crippen LogP contribution in [0.2, 0.25) is 0 Å². The number of ether oxygens (including phenoxy) is 2. The van der Waals surface area contributed by atoms with Crippen molar-refractivity contribution in [2.45, 2.75) is 17.2 Å². The molecule has 0 radical (unpaired) electrons. The zero-order valence-electron chi connectivity index (χ0n) is 14.5. The molecule has 1 aromatic rings. The third-order valence-electron chi connectivity index (χ3n) is 4.41. The lowest BCUT2D eigenvalue weighted by Crippen LogP contribution is -2.81. The van der Waals surface area contributed by atoms with Crippen LogP contribution >= 0.6 is 23.1 Å². The largest absolute Gasteiger partial charge is 0.477 e. The van der Waals surface area contributed by atoms with Gasteiger partial charge in [-0.15, -0.1) is 23.1 Å². The molecule has 0 saturated carbocycles. The average molecular weight is 414 g/mol. The van der Waals surface area contributed by atoms with Crippen molar-refractivity contribution in [2.75, 3.05) is 26.6 Å². The fraction of sp³-hybridized carbons (Fsp3) is 0.438. The number of aliphatic hydroxyl groups excluding tert-OH is 1. The van der Waals surface area contributed by atoms with Gasteiger partial charge < -0.3 is 25.0 Å². The number of β-lactam (4-membered cyclic amide) rings is 1. The lowest BCUT2D eigenvalue weighted by Gasteiger charge is -2.55. The Morgan fingerprint density at radius 2 is 2.22 bits per heavy atom. The maximum absolute atomic E-state index is 12.8. The second kappa shape index (κ2) is 7.60. The van der Waals surface area contributed by atoms with Crippen LogP contribution in [0.5, 0.6) is 0 Å². The number of nitrogens with one attached hydrogen (secondary N) is 1. The summed E-state index contributed by atoms with van der Waals surface area (Å²) in [6.45, 7) is -0.471. The Morgan fingerprint density at radius 1 is 1.48 bits per heavy atom. The van der Waals surface area contributed by atoms with Crippen LogP contribution in [-0.4, -0.2) is 70.6 Å². The van der Waals surface area contributed by atoms with Crippen LogP contribution in [-0.2, 0) is 23.9 Å². The molecule has 0 aliphatic carbocycles. The van der Waals surface area contributed by atoms with Crippen LogP contribution in [0.4, 0.5) is 0 Å². The quantitative estimate of drug-likeness (QED) is 0.425. The molecular weight excluding hydrogens is 396 g/mol. The van der Waals surface area contributed by atoms with Gasteiger partial charge in [0.15, 0.2) is 6.10 Å². The predicted molar refractivity (Wildman–Crippen MR) is 96.8 cm³/mol. The number of carbonyl (C=O) groups excluding carboxylic acids is 2. The molecule has 2 aliphatic rings. The van der Waals surface area contributed by atoms with Gasteiger partial charge in [-0.3, -0.25) is 14.5 Å². The van der Waals surface area contributed by atoms with E-state index < -0.39 is 41.6 Å². The van der Waals surface area contributed by atoms with E-state index >= 15 is 0 Å². The minimum Gasteiger partial charge on any atom is -0.477 e. The van der Waals surface area contributed by atoms with Gasteiger partial charge in [0, 0.05) is 24.8 Å². The molecule has 0 bridgehead atoms. The van der Waals surface area contributed by atoms with Gasteiger partial charge in [0.25, 0.3) is 17.5 Å². The van der Waals surface area contributed by atoms with Gasteiger partial charge in [-0.05, 0) is 17.0 Å². The molecule has 0 aromatic carbocycles. The van der Waals surface area contributed by atoms with E-state index in [0.29, 0.717) is 4.88 Å². The van der Waals surface area contributed by atoms with Crippen LogP contribution < -0.4 is 5.32 Å². The number of fused-ring (bicyclic) bond motifs is 1. The third kappa shape index (κ3) is 3.05. The van der Waals surface area contributed by atoms with Gasteiger partial charge in [-0.25, -0.2) is 4.79 Å². The van der Waals surface area contributed by atoms with Crippen LogP contribution in [0.1, 0.15) is 11.0 Å². The van der Waals surface area contributed by atoms with Gasteiger partial charge in [-0.1, -0.05) is 6.07 Å². The SMILES string of the molecule is CO[C@H](C(=O)NC1(OC)C(=O)N2C(C(=O)O)=C(CO)CSC21)c1cccs1. The van der Waals surface area contributed by atoms with E-state index in [9.17, 15) is 24.6 Å². The second-order valence-corrected chi connectivity index (χ2v) is 7.86. The average Bonchev–Trinajstić information content (AvgIpc) is 3.19. The summed E-state index contributed by atoms with van der Waals surface area (Å²) in [7, 11) is 2.65. The van der Waals surface area contributed by atoms with Crippen molar-refractivity contribution in [2.24, 2.45) is 0 Å². The Balaban J connectivity index is 1.87. The van der Waals surface area contributed by atoms with E-state index in [1.807, 2.05) is 0 Å². The van der Waals surface area contributed by atoms with E-state index in [4.69, 9.17) is 9.47 Å². The van der Waals surface area contributed by atoms with Gasteiger partial charge in [-0.2, -0.15) is 0 Å². The first kappa shape index (κ1) is 19.8. The van der Waals surface area contributed by atoms with E-state index in [1.165, 1.54) is 37.3 Å². The lowest BCUT2D eigenvalue weighted by atomic mass is 9.97. The Labute approximate surface area is 162 Å². The summed E-state index contributed by atoms with van der Waals surface area (Å²) < 4.78 is 10.6. The summed E-state index contributed by atoms with van der Waals surface area (Å²) >= 11 is 2.54. The normalized spacial score (nSPS) is 25.7. The molecule has 2 aliphatic heterocycles. The monoisotopic (exact) mass is 414 g/mol. The van der Waals surface area contributed by atoms with Gasteiger partial charge in [0.1, 0.15) is 11.1 Å². The number of hydrogen-bond acceptors (Lipinski definition) is 8.